The first-order chi connectivity index (χ1) is 22.4. The van der Waals surface area contributed by atoms with Gasteiger partial charge >= 0.3 is 6.16 Å². The molecule has 0 amide bonds. The Bertz CT molecular complexity index is 1340. The third-order valence-electron chi connectivity index (χ3n) is 13.3. The van der Waals surface area contributed by atoms with Gasteiger partial charge in [-0.3, -0.25) is 4.90 Å². The summed E-state index contributed by atoms with van der Waals surface area (Å²) in [6, 6.07) is 4.39. The van der Waals surface area contributed by atoms with Crippen LogP contribution in [0.2, 0.25) is 0 Å². The third-order valence-corrected chi connectivity index (χ3v) is 13.3. The van der Waals surface area contributed by atoms with Crippen molar-refractivity contribution in [3.8, 4) is 11.5 Å². The Morgan fingerprint density at radius 2 is 1.72 bits per heavy atom. The third kappa shape index (κ3) is 5.06. The summed E-state index contributed by atoms with van der Waals surface area (Å²) < 4.78 is 41.0. The summed E-state index contributed by atoms with van der Waals surface area (Å²) in [6.07, 6.45) is 6.25. The van der Waals surface area contributed by atoms with Crippen molar-refractivity contribution in [3.63, 3.8) is 0 Å². The first-order valence-electron chi connectivity index (χ1n) is 17.8. The maximum absolute atomic E-state index is 13.0. The summed E-state index contributed by atoms with van der Waals surface area (Å²) in [5.41, 5.74) is 0.109. The number of hydrogen-bond donors (Lipinski definition) is 1. The minimum Gasteiger partial charge on any atom is -0.482 e. The number of benzene rings is 1. The maximum atomic E-state index is 13.0. The van der Waals surface area contributed by atoms with Gasteiger partial charge in [0, 0.05) is 49.1 Å². The Kier molecular flexibility index (Phi) is 8.65. The molecule has 2 heterocycles. The molecule has 10 nitrogen and oxygen atoms in total. The quantitative estimate of drug-likeness (QED) is 0.169. The van der Waals surface area contributed by atoms with Crippen molar-refractivity contribution in [1.29, 1.82) is 0 Å². The molecule has 5 fully saturated rings. The minimum atomic E-state index is -0.993. The molecule has 2 aliphatic heterocycles. The molecule has 10 heteroatoms. The Morgan fingerprint density at radius 1 is 1.00 bits per heavy atom. The molecular weight excluding hydrogens is 602 g/mol. The van der Waals surface area contributed by atoms with Crippen LogP contribution >= 0.6 is 0 Å². The zero-order valence-electron chi connectivity index (χ0n) is 29.2. The number of rotatable bonds is 14. The lowest BCUT2D eigenvalue weighted by molar-refractivity contribution is -0.312. The van der Waals surface area contributed by atoms with Gasteiger partial charge in [0.2, 0.25) is 0 Å². The van der Waals surface area contributed by atoms with Crippen LogP contribution in [0.5, 0.6) is 11.5 Å². The highest BCUT2D eigenvalue weighted by Gasteiger charge is 2.82. The summed E-state index contributed by atoms with van der Waals surface area (Å²) >= 11 is 0. The number of fused-ring (bicyclic) bond motifs is 2. The van der Waals surface area contributed by atoms with E-state index in [0.29, 0.717) is 44.0 Å². The Labute approximate surface area is 279 Å². The number of piperidine rings is 1. The van der Waals surface area contributed by atoms with Crippen LogP contribution in [-0.4, -0.2) is 106 Å². The molecule has 7 aliphatic rings. The molecule has 8 rings (SSSR count). The smallest absolute Gasteiger partial charge is 0.482 e. The van der Waals surface area contributed by atoms with Gasteiger partial charge in [-0.25, -0.2) is 4.79 Å². The van der Waals surface area contributed by atoms with E-state index in [1.54, 1.807) is 14.2 Å². The molecule has 4 bridgehead atoms. The number of aliphatic hydroxyl groups is 1. The highest BCUT2D eigenvalue weighted by molar-refractivity contribution is 5.70. The van der Waals surface area contributed by atoms with Gasteiger partial charge in [-0.1, -0.05) is 26.8 Å². The van der Waals surface area contributed by atoms with Crippen LogP contribution in [0.3, 0.4) is 0 Å². The second-order valence-electron chi connectivity index (χ2n) is 16.2. The van der Waals surface area contributed by atoms with Crippen molar-refractivity contribution >= 4 is 6.16 Å². The van der Waals surface area contributed by atoms with Crippen LogP contribution in [0.1, 0.15) is 77.3 Å². The minimum absolute atomic E-state index is 0.0720. The van der Waals surface area contributed by atoms with Crippen molar-refractivity contribution in [2.24, 2.45) is 22.7 Å². The Balaban J connectivity index is 1.18. The fourth-order valence-corrected chi connectivity index (χ4v) is 10.4. The number of likely N-dealkylation sites (tertiary alicyclic amines) is 1. The molecule has 0 aromatic heterocycles. The van der Waals surface area contributed by atoms with E-state index in [0.717, 1.165) is 51.1 Å². The summed E-state index contributed by atoms with van der Waals surface area (Å²) in [5, 5.41) is 12.4. The van der Waals surface area contributed by atoms with Crippen molar-refractivity contribution in [2.45, 2.75) is 101 Å². The summed E-state index contributed by atoms with van der Waals surface area (Å²) in [5.74, 6) is 1.73. The molecule has 7 atom stereocenters. The largest absolute Gasteiger partial charge is 0.514 e. The Hall–Kier alpha value is -1.95. The van der Waals surface area contributed by atoms with E-state index in [-0.39, 0.29) is 41.5 Å². The zero-order chi connectivity index (χ0) is 33.2. The highest BCUT2D eigenvalue weighted by atomic mass is 16.7. The molecule has 5 aliphatic carbocycles. The lowest BCUT2D eigenvalue weighted by Gasteiger charge is -2.75. The molecular formula is C37H55NO9. The molecule has 0 unspecified atom stereocenters. The van der Waals surface area contributed by atoms with Crippen molar-refractivity contribution in [2.75, 3.05) is 67.0 Å². The van der Waals surface area contributed by atoms with Gasteiger partial charge in [0.25, 0.3) is 0 Å². The zero-order valence-corrected chi connectivity index (χ0v) is 29.2. The number of carbonyl (C=O) groups excluding carboxylic acids is 1. The van der Waals surface area contributed by atoms with E-state index in [4.69, 9.17) is 33.2 Å². The normalized spacial score (nSPS) is 34.8. The van der Waals surface area contributed by atoms with E-state index >= 15 is 0 Å². The van der Waals surface area contributed by atoms with Gasteiger partial charge in [0.05, 0.1) is 38.6 Å². The molecule has 0 radical (unpaired) electrons. The van der Waals surface area contributed by atoms with Crippen LogP contribution in [-0.2, 0) is 35.5 Å². The number of hydrogen-bond acceptors (Lipinski definition) is 10. The summed E-state index contributed by atoms with van der Waals surface area (Å²) in [4.78, 5) is 15.8. The summed E-state index contributed by atoms with van der Waals surface area (Å²) in [7, 11) is 3.44. The monoisotopic (exact) mass is 657 g/mol. The first kappa shape index (κ1) is 33.5. The topological polar surface area (TPSA) is 105 Å². The molecule has 1 aromatic carbocycles. The van der Waals surface area contributed by atoms with E-state index in [1.807, 2.05) is 13.0 Å². The molecule has 4 saturated carbocycles. The average molecular weight is 658 g/mol. The predicted octanol–water partition coefficient (Wildman–Crippen LogP) is 4.90. The SMILES string of the molecule is COCCOCCOCCOC(=O)Oc1ccc2c3c1O[C@H]1[C@]4(OC)CC[C@@]5(C[C@@H]4[C@@](C)(O)C(C)(C)C)[C@@H](C2)N(CC2CC2)CC[C@]315. The predicted molar refractivity (Wildman–Crippen MR) is 174 cm³/mol. The Morgan fingerprint density at radius 3 is 2.40 bits per heavy atom. The van der Waals surface area contributed by atoms with E-state index in [1.165, 1.54) is 24.0 Å². The van der Waals surface area contributed by atoms with Crippen molar-refractivity contribution in [3.05, 3.63) is 23.3 Å². The van der Waals surface area contributed by atoms with Crippen molar-refractivity contribution in [1.82, 2.24) is 4.90 Å². The van der Waals surface area contributed by atoms with Gasteiger partial charge in [-0.15, -0.1) is 0 Å². The number of nitrogens with zero attached hydrogens (tertiary/aromatic N) is 1. The molecule has 2 spiro atoms. The van der Waals surface area contributed by atoms with E-state index < -0.39 is 17.4 Å². The molecule has 1 saturated heterocycles. The second-order valence-corrected chi connectivity index (χ2v) is 16.2. The second kappa shape index (κ2) is 12.1. The van der Waals surface area contributed by atoms with Crippen molar-refractivity contribution < 1.29 is 43.1 Å². The number of carbonyl (C=O) groups is 1. The molecule has 47 heavy (non-hydrogen) atoms. The van der Waals surface area contributed by atoms with E-state index in [2.05, 4.69) is 31.7 Å². The van der Waals surface area contributed by atoms with Gasteiger partial charge in [0.1, 0.15) is 18.3 Å². The highest BCUT2D eigenvalue weighted by Crippen LogP contribution is 2.78. The molecule has 1 N–H and O–H groups in total. The lowest BCUT2D eigenvalue weighted by atomic mass is 9.33. The standard InChI is InChI=1S/C37H55NO9/c1-33(2,3)34(4,40)27-22-35-11-12-37(27,42-6)31-36(35)13-14-38(23-24-7-8-24)28(35)21-25-9-10-26(30(47-31)29(25)36)46-32(39)45-20-19-44-18-17-43-16-15-41-5/h9-10,24,27-28,31,40H,7-8,11-23H2,1-6H3/t27-,28-,31-,34-,35-,36+,37+/m1/s1. The number of ether oxygens (including phenoxy) is 7. The molecule has 262 valence electrons. The molecule has 1 aromatic rings. The van der Waals surface area contributed by atoms with Gasteiger partial charge in [-0.05, 0) is 81.4 Å². The van der Waals surface area contributed by atoms with Crippen LogP contribution in [0, 0.1) is 22.7 Å². The average Bonchev–Trinajstić information content (AvgIpc) is 3.78. The summed E-state index contributed by atoms with van der Waals surface area (Å²) in [6.45, 7) is 12.8. The van der Waals surface area contributed by atoms with Crippen LogP contribution in [0.25, 0.3) is 0 Å². The van der Waals surface area contributed by atoms with Gasteiger partial charge in [0.15, 0.2) is 11.5 Å². The van der Waals surface area contributed by atoms with Crippen LogP contribution in [0.4, 0.5) is 4.79 Å². The van der Waals surface area contributed by atoms with Crippen LogP contribution in [0.15, 0.2) is 12.1 Å². The van der Waals surface area contributed by atoms with E-state index in [9.17, 15) is 9.90 Å². The van der Waals surface area contributed by atoms with Gasteiger partial charge < -0.3 is 38.3 Å². The fraction of sp³-hybridized carbons (Fsp3) is 0.811. The van der Waals surface area contributed by atoms with Gasteiger partial charge in [-0.2, -0.15) is 0 Å². The maximum Gasteiger partial charge on any atom is 0.514 e. The lowest BCUT2D eigenvalue weighted by Crippen LogP contribution is -2.83. The number of methoxy groups -OCH3 is 2. The first-order valence-corrected chi connectivity index (χ1v) is 17.8. The van der Waals surface area contributed by atoms with Crippen LogP contribution < -0.4 is 9.47 Å². The fourth-order valence-electron chi connectivity index (χ4n) is 10.4.